The molecule has 4 N–H and O–H groups in total. The summed E-state index contributed by atoms with van der Waals surface area (Å²) in [6, 6.07) is 16.8. The number of anilines is 2. The molecule has 1 atom stereocenters. The minimum atomic E-state index is -0.668. The van der Waals surface area contributed by atoms with Gasteiger partial charge in [0.1, 0.15) is 29.6 Å². The van der Waals surface area contributed by atoms with Crippen LogP contribution in [0.5, 0.6) is 0 Å². The number of rotatable bonds is 8. The zero-order valence-corrected chi connectivity index (χ0v) is 23.8. The summed E-state index contributed by atoms with van der Waals surface area (Å²) in [4.78, 5) is 4.40. The third-order valence-corrected chi connectivity index (χ3v) is 6.86. The first-order valence-electron chi connectivity index (χ1n) is 13.5. The van der Waals surface area contributed by atoms with Crippen LogP contribution in [-0.2, 0) is 6.54 Å². The van der Waals surface area contributed by atoms with E-state index in [9.17, 15) is 23.7 Å². The molecule has 0 saturated carbocycles. The van der Waals surface area contributed by atoms with E-state index in [-0.39, 0.29) is 17.5 Å². The molecule has 43 heavy (non-hydrogen) atoms. The number of pyridine rings is 1. The van der Waals surface area contributed by atoms with E-state index in [1.165, 1.54) is 41.5 Å². The van der Waals surface area contributed by atoms with E-state index in [2.05, 4.69) is 59.5 Å². The normalized spacial score (nSPS) is 13.6. The first-order valence-corrected chi connectivity index (χ1v) is 13.5. The van der Waals surface area contributed by atoms with Crippen LogP contribution >= 0.6 is 0 Å². The highest BCUT2D eigenvalue weighted by atomic mass is 19.1. The monoisotopic (exact) mass is 582 g/mol. The first-order chi connectivity index (χ1) is 20.6. The summed E-state index contributed by atoms with van der Waals surface area (Å²) in [5.41, 5.74) is 9.17. The number of fused-ring (bicyclic) bond motifs is 1. The van der Waals surface area contributed by atoms with E-state index < -0.39 is 23.5 Å². The highest BCUT2D eigenvalue weighted by molar-refractivity contribution is 5.99. The largest absolute Gasteiger partial charge is 0.383 e. The number of nitrogens with zero attached hydrogens (tertiary/aromatic N) is 4. The number of nitriles is 2. The SMILES string of the molecule is CC(C)(C)CNc1c(C#N)cnc2c(C#N)cc(NC(C3=CN(Cc4c(F)cccc4F)NN3)c3ccc(F)cc3)cc12. The lowest BCUT2D eigenvalue weighted by Gasteiger charge is -2.23. The number of halogens is 3. The first kappa shape index (κ1) is 29.2. The fraction of sp³-hybridized carbons (Fsp3) is 0.219. The molecule has 1 aromatic heterocycles. The highest BCUT2D eigenvalue weighted by Crippen LogP contribution is 2.34. The lowest BCUT2D eigenvalue weighted by atomic mass is 9.96. The maximum atomic E-state index is 14.3. The molecule has 3 aromatic carbocycles. The smallest absolute Gasteiger partial charge is 0.131 e. The Morgan fingerprint density at radius 2 is 1.67 bits per heavy atom. The maximum Gasteiger partial charge on any atom is 0.131 e. The molecule has 0 spiro atoms. The molecule has 0 fully saturated rings. The van der Waals surface area contributed by atoms with E-state index in [1.807, 2.05) is 0 Å². The fourth-order valence-corrected chi connectivity index (χ4v) is 4.72. The Morgan fingerprint density at radius 3 is 2.33 bits per heavy atom. The Kier molecular flexibility index (Phi) is 8.11. The minimum absolute atomic E-state index is 0.0883. The predicted molar refractivity (Wildman–Crippen MR) is 158 cm³/mol. The Balaban J connectivity index is 1.55. The van der Waals surface area contributed by atoms with Crippen molar-refractivity contribution in [2.24, 2.45) is 5.41 Å². The molecule has 5 rings (SSSR count). The number of nitrogens with one attached hydrogen (secondary N) is 4. The van der Waals surface area contributed by atoms with Crippen LogP contribution in [0.25, 0.3) is 10.9 Å². The van der Waals surface area contributed by atoms with Gasteiger partial charge in [-0.3, -0.25) is 9.99 Å². The summed E-state index contributed by atoms with van der Waals surface area (Å²) in [5, 5.41) is 28.7. The highest BCUT2D eigenvalue weighted by Gasteiger charge is 2.25. The van der Waals surface area contributed by atoms with Crippen molar-refractivity contribution >= 4 is 22.3 Å². The standard InChI is InChI=1S/C32H29F3N8/c1-32(2,3)18-39-30-21(14-37)15-38-29-20(13-36)11-23(12-24(29)30)40-31(19-7-9-22(33)10-8-19)28-17-43(42-41-28)16-25-26(34)5-4-6-27(25)35/h4-12,15,17,31,40-42H,16,18H2,1-3H3,(H,38,39). The van der Waals surface area contributed by atoms with Gasteiger partial charge in [-0.15, -0.1) is 5.53 Å². The van der Waals surface area contributed by atoms with Gasteiger partial charge in [0, 0.05) is 35.6 Å². The van der Waals surface area contributed by atoms with E-state index in [4.69, 9.17) is 0 Å². The summed E-state index contributed by atoms with van der Waals surface area (Å²) in [7, 11) is 0. The van der Waals surface area contributed by atoms with E-state index >= 15 is 0 Å². The van der Waals surface area contributed by atoms with Gasteiger partial charge in [0.2, 0.25) is 0 Å². The molecule has 1 unspecified atom stereocenters. The van der Waals surface area contributed by atoms with Gasteiger partial charge in [0.25, 0.3) is 0 Å². The van der Waals surface area contributed by atoms with Crippen molar-refractivity contribution in [3.8, 4) is 12.1 Å². The summed E-state index contributed by atoms with van der Waals surface area (Å²) in [5.74, 6) is -1.75. The zero-order chi connectivity index (χ0) is 30.7. The van der Waals surface area contributed by atoms with Crippen LogP contribution in [0, 0.1) is 45.5 Å². The topological polar surface area (TPSA) is 112 Å². The average Bonchev–Trinajstić information content (AvgIpc) is 3.44. The van der Waals surface area contributed by atoms with Crippen LogP contribution in [0.15, 0.2) is 72.7 Å². The van der Waals surface area contributed by atoms with Crippen LogP contribution in [-0.4, -0.2) is 16.5 Å². The fourth-order valence-electron chi connectivity index (χ4n) is 4.72. The van der Waals surface area contributed by atoms with Gasteiger partial charge < -0.3 is 16.1 Å². The Labute approximate surface area is 247 Å². The summed E-state index contributed by atoms with van der Waals surface area (Å²) < 4.78 is 42.5. The minimum Gasteiger partial charge on any atom is -0.383 e. The van der Waals surface area contributed by atoms with E-state index in [0.717, 1.165) is 0 Å². The van der Waals surface area contributed by atoms with Crippen LogP contribution in [0.3, 0.4) is 0 Å². The molecular formula is C32H29F3N8. The molecule has 0 bridgehead atoms. The number of benzene rings is 3. The van der Waals surface area contributed by atoms with Crippen molar-refractivity contribution < 1.29 is 13.2 Å². The summed E-state index contributed by atoms with van der Waals surface area (Å²) in [6.07, 6.45) is 3.11. The van der Waals surface area contributed by atoms with Crippen molar-refractivity contribution in [1.82, 2.24) is 21.0 Å². The quantitative estimate of drug-likeness (QED) is 0.190. The molecule has 2 heterocycles. The Hall–Kier alpha value is -5.26. The molecule has 1 aliphatic rings. The molecule has 8 nitrogen and oxygen atoms in total. The lowest BCUT2D eigenvalue weighted by Crippen LogP contribution is -2.37. The molecular weight excluding hydrogens is 553 g/mol. The van der Waals surface area contributed by atoms with Crippen LogP contribution in [0.4, 0.5) is 24.5 Å². The van der Waals surface area contributed by atoms with Crippen molar-refractivity contribution in [1.29, 1.82) is 10.5 Å². The zero-order valence-electron chi connectivity index (χ0n) is 23.8. The summed E-state index contributed by atoms with van der Waals surface area (Å²) in [6.45, 7) is 6.66. The van der Waals surface area contributed by atoms with E-state index in [0.29, 0.717) is 51.2 Å². The number of hydrogen-bond acceptors (Lipinski definition) is 8. The Morgan fingerprint density at radius 1 is 0.977 bits per heavy atom. The van der Waals surface area contributed by atoms with Gasteiger partial charge in [-0.2, -0.15) is 10.5 Å². The third kappa shape index (κ3) is 6.48. The average molecular weight is 583 g/mol. The van der Waals surface area contributed by atoms with Crippen molar-refractivity contribution in [2.75, 3.05) is 17.2 Å². The second kappa shape index (κ2) is 11.9. The molecule has 0 saturated heterocycles. The van der Waals surface area contributed by atoms with Crippen LogP contribution in [0.2, 0.25) is 0 Å². The van der Waals surface area contributed by atoms with Crippen LogP contribution < -0.4 is 21.6 Å². The summed E-state index contributed by atoms with van der Waals surface area (Å²) >= 11 is 0. The molecule has 0 amide bonds. The van der Waals surface area contributed by atoms with Crippen LogP contribution in [0.1, 0.15) is 49.1 Å². The number of hydrogen-bond donors (Lipinski definition) is 4. The Bertz CT molecular complexity index is 1760. The molecule has 1 aliphatic heterocycles. The van der Waals surface area contributed by atoms with Gasteiger partial charge in [0.15, 0.2) is 0 Å². The van der Waals surface area contributed by atoms with Gasteiger partial charge in [-0.05, 0) is 47.4 Å². The second-order valence-corrected chi connectivity index (χ2v) is 11.4. The maximum absolute atomic E-state index is 14.3. The van der Waals surface area contributed by atoms with Gasteiger partial charge >= 0.3 is 0 Å². The van der Waals surface area contributed by atoms with E-state index in [1.54, 1.807) is 30.5 Å². The molecule has 4 aromatic rings. The van der Waals surface area contributed by atoms with Crippen molar-refractivity contribution in [3.05, 3.63) is 112 Å². The third-order valence-electron chi connectivity index (χ3n) is 6.86. The second-order valence-electron chi connectivity index (χ2n) is 11.4. The number of hydrazine groups is 2. The number of aromatic nitrogens is 1. The molecule has 218 valence electrons. The van der Waals surface area contributed by atoms with Gasteiger partial charge in [0.05, 0.1) is 40.6 Å². The van der Waals surface area contributed by atoms with Crippen molar-refractivity contribution in [3.63, 3.8) is 0 Å². The van der Waals surface area contributed by atoms with Gasteiger partial charge in [-0.1, -0.05) is 39.0 Å². The van der Waals surface area contributed by atoms with Crippen molar-refractivity contribution in [2.45, 2.75) is 33.4 Å². The molecule has 11 heteroatoms. The molecule has 0 aliphatic carbocycles. The lowest BCUT2D eigenvalue weighted by molar-refractivity contribution is 0.255. The molecule has 0 radical (unpaired) electrons. The van der Waals surface area contributed by atoms with Gasteiger partial charge in [-0.25, -0.2) is 13.2 Å². The predicted octanol–water partition coefficient (Wildman–Crippen LogP) is 6.37.